The van der Waals surface area contributed by atoms with Crippen LogP contribution >= 0.6 is 15.9 Å². The molecule has 1 atom stereocenters. The number of carbonyl (C=O) groups excluding carboxylic acids is 1. The molecule has 1 aliphatic carbocycles. The van der Waals surface area contributed by atoms with Crippen molar-refractivity contribution in [2.75, 3.05) is 0 Å². The monoisotopic (exact) mass is 353 g/mol. The second kappa shape index (κ2) is 6.60. The molecule has 1 aromatic carbocycles. The molecule has 5 heteroatoms. The van der Waals surface area contributed by atoms with Crippen LogP contribution in [0.1, 0.15) is 50.6 Å². The van der Waals surface area contributed by atoms with Crippen LogP contribution in [0.2, 0.25) is 0 Å². The minimum Gasteiger partial charge on any atom is -0.481 e. The van der Waals surface area contributed by atoms with Crippen LogP contribution in [0.5, 0.6) is 0 Å². The normalized spacial score (nSPS) is 18.2. The molecule has 1 aliphatic rings. The predicted octanol–water partition coefficient (Wildman–Crippen LogP) is 3.66. The first kappa shape index (κ1) is 16.0. The lowest BCUT2D eigenvalue weighted by molar-refractivity contribution is -0.151. The van der Waals surface area contributed by atoms with E-state index in [9.17, 15) is 14.7 Å². The molecule has 114 valence electrons. The predicted molar refractivity (Wildman–Crippen MR) is 83.9 cm³/mol. The zero-order chi connectivity index (χ0) is 15.5. The summed E-state index contributed by atoms with van der Waals surface area (Å²) in [6, 6.07) is 7.60. The average Bonchev–Trinajstić information content (AvgIpc) is 2.88. The van der Waals surface area contributed by atoms with E-state index in [4.69, 9.17) is 0 Å². The van der Waals surface area contributed by atoms with E-state index in [1.807, 2.05) is 31.2 Å². The lowest BCUT2D eigenvalue weighted by Crippen LogP contribution is -2.36. The van der Waals surface area contributed by atoms with Crippen molar-refractivity contribution in [2.24, 2.45) is 5.41 Å². The number of halogens is 1. The molecule has 0 bridgehead atoms. The Bertz CT molecular complexity index is 538. The molecule has 2 N–H and O–H groups in total. The smallest absolute Gasteiger partial charge is 0.310 e. The number of carboxylic acids is 1. The molecule has 0 saturated heterocycles. The van der Waals surface area contributed by atoms with Gasteiger partial charge in [-0.05, 0) is 37.5 Å². The summed E-state index contributed by atoms with van der Waals surface area (Å²) in [5.74, 6) is -1.03. The minimum atomic E-state index is -0.860. The number of benzene rings is 1. The third-order valence-corrected chi connectivity index (χ3v) is 4.73. The molecule has 0 radical (unpaired) electrons. The zero-order valence-corrected chi connectivity index (χ0v) is 13.6. The molecule has 4 nitrogen and oxygen atoms in total. The number of aliphatic carboxylic acids is 1. The Morgan fingerprint density at radius 1 is 1.38 bits per heavy atom. The summed E-state index contributed by atoms with van der Waals surface area (Å²) in [6.45, 7) is 1.90. The van der Waals surface area contributed by atoms with Gasteiger partial charge < -0.3 is 10.4 Å². The van der Waals surface area contributed by atoms with Crippen LogP contribution in [-0.4, -0.2) is 17.0 Å². The van der Waals surface area contributed by atoms with Gasteiger partial charge in [-0.1, -0.05) is 40.9 Å². The van der Waals surface area contributed by atoms with Gasteiger partial charge in [-0.25, -0.2) is 0 Å². The highest BCUT2D eigenvalue weighted by Crippen LogP contribution is 2.41. The first-order valence-corrected chi connectivity index (χ1v) is 8.00. The Morgan fingerprint density at radius 3 is 2.62 bits per heavy atom. The highest BCUT2D eigenvalue weighted by molar-refractivity contribution is 9.10. The number of carbonyl (C=O) groups is 2. The van der Waals surface area contributed by atoms with Gasteiger partial charge >= 0.3 is 5.97 Å². The molecule has 0 spiro atoms. The van der Waals surface area contributed by atoms with Crippen LogP contribution in [-0.2, 0) is 9.59 Å². The fourth-order valence-corrected chi connectivity index (χ4v) is 3.39. The van der Waals surface area contributed by atoms with Gasteiger partial charge in [0.05, 0.1) is 11.5 Å². The van der Waals surface area contributed by atoms with Gasteiger partial charge in [0.15, 0.2) is 0 Å². The van der Waals surface area contributed by atoms with Crippen LogP contribution in [0, 0.1) is 5.41 Å². The molecule has 21 heavy (non-hydrogen) atoms. The maximum absolute atomic E-state index is 12.2. The third kappa shape index (κ3) is 3.84. The van der Waals surface area contributed by atoms with Crippen LogP contribution in [0.25, 0.3) is 0 Å². The second-order valence-electron chi connectivity index (χ2n) is 5.81. The first-order chi connectivity index (χ1) is 9.93. The van der Waals surface area contributed by atoms with Gasteiger partial charge in [0, 0.05) is 10.9 Å². The molecule has 0 aliphatic heterocycles. The summed E-state index contributed by atoms with van der Waals surface area (Å²) < 4.78 is 0.957. The van der Waals surface area contributed by atoms with Crippen LogP contribution in [0.4, 0.5) is 0 Å². The van der Waals surface area contributed by atoms with E-state index in [0.717, 1.165) is 22.9 Å². The summed E-state index contributed by atoms with van der Waals surface area (Å²) in [6.07, 6.45) is 3.05. The van der Waals surface area contributed by atoms with Crippen molar-refractivity contribution in [3.8, 4) is 0 Å². The number of carboxylic acid groups (broad SMARTS) is 1. The van der Waals surface area contributed by atoms with Crippen molar-refractivity contribution >= 4 is 27.8 Å². The summed E-state index contributed by atoms with van der Waals surface area (Å²) in [7, 11) is 0. The van der Waals surface area contributed by atoms with E-state index in [0.29, 0.717) is 12.8 Å². The summed E-state index contributed by atoms with van der Waals surface area (Å²) >= 11 is 3.40. The number of hydrogen-bond acceptors (Lipinski definition) is 2. The Kier molecular flexibility index (Phi) is 5.04. The van der Waals surface area contributed by atoms with Gasteiger partial charge in [0.1, 0.15) is 0 Å². The molecule has 1 saturated carbocycles. The standard InChI is InChI=1S/C16H20BrNO3/c1-11(12-5-4-6-13(17)9-12)18-14(19)10-16(15(20)21)7-2-3-8-16/h4-6,9,11H,2-3,7-8,10H2,1H3,(H,18,19)(H,20,21)/t11-/m0/s1. The van der Waals surface area contributed by atoms with Crippen LogP contribution in [0.3, 0.4) is 0 Å². The van der Waals surface area contributed by atoms with Crippen molar-refractivity contribution in [3.63, 3.8) is 0 Å². The van der Waals surface area contributed by atoms with Crippen molar-refractivity contribution in [3.05, 3.63) is 34.3 Å². The largest absolute Gasteiger partial charge is 0.481 e. The summed E-state index contributed by atoms with van der Waals surface area (Å²) in [4.78, 5) is 23.7. The number of hydrogen-bond donors (Lipinski definition) is 2. The quantitative estimate of drug-likeness (QED) is 0.848. The van der Waals surface area contributed by atoms with Gasteiger partial charge in [-0.3, -0.25) is 9.59 Å². The molecular weight excluding hydrogens is 334 g/mol. The van der Waals surface area contributed by atoms with E-state index >= 15 is 0 Å². The van der Waals surface area contributed by atoms with Gasteiger partial charge in [0.25, 0.3) is 0 Å². The van der Waals surface area contributed by atoms with Gasteiger partial charge in [-0.15, -0.1) is 0 Å². The topological polar surface area (TPSA) is 66.4 Å². The van der Waals surface area contributed by atoms with Crippen molar-refractivity contribution in [1.82, 2.24) is 5.32 Å². The average molecular weight is 354 g/mol. The fourth-order valence-electron chi connectivity index (χ4n) is 2.98. The van der Waals surface area contributed by atoms with E-state index in [1.54, 1.807) is 0 Å². The Labute approximate surface area is 133 Å². The lowest BCUT2D eigenvalue weighted by atomic mass is 9.82. The molecule has 1 amide bonds. The lowest BCUT2D eigenvalue weighted by Gasteiger charge is -2.24. The highest BCUT2D eigenvalue weighted by Gasteiger charge is 2.43. The van der Waals surface area contributed by atoms with E-state index in [1.165, 1.54) is 0 Å². The Hall–Kier alpha value is -1.36. The highest BCUT2D eigenvalue weighted by atomic mass is 79.9. The van der Waals surface area contributed by atoms with Gasteiger partial charge in [-0.2, -0.15) is 0 Å². The minimum absolute atomic E-state index is 0.0701. The molecule has 2 rings (SSSR count). The summed E-state index contributed by atoms with van der Waals surface area (Å²) in [5, 5.41) is 12.3. The van der Waals surface area contributed by atoms with Crippen molar-refractivity contribution < 1.29 is 14.7 Å². The maximum Gasteiger partial charge on any atom is 0.310 e. The zero-order valence-electron chi connectivity index (χ0n) is 12.1. The molecule has 1 aromatic rings. The fraction of sp³-hybridized carbons (Fsp3) is 0.500. The molecule has 0 heterocycles. The number of rotatable bonds is 5. The SMILES string of the molecule is C[C@H](NC(=O)CC1(C(=O)O)CCCC1)c1cccc(Br)c1. The summed E-state index contributed by atoms with van der Waals surface area (Å²) in [5.41, 5.74) is 0.134. The second-order valence-corrected chi connectivity index (χ2v) is 6.73. The van der Waals surface area contributed by atoms with Crippen molar-refractivity contribution in [2.45, 2.75) is 45.1 Å². The number of nitrogens with one attached hydrogen (secondary N) is 1. The molecule has 1 fully saturated rings. The van der Waals surface area contributed by atoms with E-state index in [-0.39, 0.29) is 18.4 Å². The van der Waals surface area contributed by atoms with E-state index < -0.39 is 11.4 Å². The molecule has 0 aromatic heterocycles. The Morgan fingerprint density at radius 2 is 2.05 bits per heavy atom. The van der Waals surface area contributed by atoms with Crippen molar-refractivity contribution in [1.29, 1.82) is 0 Å². The van der Waals surface area contributed by atoms with Gasteiger partial charge in [0.2, 0.25) is 5.91 Å². The van der Waals surface area contributed by atoms with Crippen LogP contribution in [0.15, 0.2) is 28.7 Å². The maximum atomic E-state index is 12.2. The Balaban J connectivity index is 1.99. The third-order valence-electron chi connectivity index (χ3n) is 4.24. The van der Waals surface area contributed by atoms with E-state index in [2.05, 4.69) is 21.2 Å². The van der Waals surface area contributed by atoms with Crippen LogP contribution < -0.4 is 5.32 Å². The number of amides is 1. The molecule has 0 unspecified atom stereocenters. The first-order valence-electron chi connectivity index (χ1n) is 7.21. The molecular formula is C16H20BrNO3.